The molecule has 0 saturated carbocycles. The molecule has 0 saturated heterocycles. The van der Waals surface area contributed by atoms with Gasteiger partial charge in [0, 0.05) is 14.2 Å². The third kappa shape index (κ3) is 3.16. The molecule has 0 aliphatic carbocycles. The molecule has 0 fully saturated rings. The van der Waals surface area contributed by atoms with E-state index in [2.05, 4.69) is 6.07 Å². The van der Waals surface area contributed by atoms with Crippen LogP contribution >= 0.6 is 0 Å². The summed E-state index contributed by atoms with van der Waals surface area (Å²) >= 11 is 0. The van der Waals surface area contributed by atoms with Gasteiger partial charge in [-0.25, -0.2) is 0 Å². The van der Waals surface area contributed by atoms with Gasteiger partial charge in [-0.1, -0.05) is 18.2 Å². The van der Waals surface area contributed by atoms with Crippen molar-refractivity contribution >= 4 is 6.08 Å². The van der Waals surface area contributed by atoms with Crippen molar-refractivity contribution in [2.24, 2.45) is 0 Å². The number of hydrogen-bond acceptors (Lipinski definition) is 3. The number of rotatable bonds is 4. The van der Waals surface area contributed by atoms with Crippen molar-refractivity contribution in [3.05, 3.63) is 40.5 Å². The molecule has 0 N–H and O–H groups in total. The van der Waals surface area contributed by atoms with E-state index in [9.17, 15) is 0 Å². The summed E-state index contributed by atoms with van der Waals surface area (Å²) in [5.41, 5.74) is 3.83. The van der Waals surface area contributed by atoms with Crippen molar-refractivity contribution in [2.45, 2.75) is 20.1 Å². The Balaban J connectivity index is 3.16. The first-order valence-corrected chi connectivity index (χ1v) is 5.37. The smallest absolute Gasteiger partial charge is 0.193 e. The van der Waals surface area contributed by atoms with Crippen molar-refractivity contribution in [1.29, 1.82) is 5.26 Å². The van der Waals surface area contributed by atoms with Gasteiger partial charge in [0.2, 0.25) is 0 Å². The molecule has 0 aliphatic rings. The topological polar surface area (TPSA) is 42.2 Å². The van der Waals surface area contributed by atoms with E-state index >= 15 is 0 Å². The van der Waals surface area contributed by atoms with Gasteiger partial charge in [0.25, 0.3) is 0 Å². The number of hydrogen-bond donors (Lipinski definition) is 0. The van der Waals surface area contributed by atoms with E-state index in [0.29, 0.717) is 5.57 Å². The molecule has 0 heterocycles. The second-order valence-corrected chi connectivity index (χ2v) is 3.80. The lowest BCUT2D eigenvalue weighted by atomic mass is 10.0. The maximum atomic E-state index is 9.10. The Hall–Kier alpha value is -1.63. The minimum Gasteiger partial charge on any atom is -0.351 e. The molecule has 1 aromatic rings. The molecule has 0 atom stereocenters. The van der Waals surface area contributed by atoms with Gasteiger partial charge in [0.1, 0.15) is 6.07 Å². The number of methoxy groups -OCH3 is 2. The maximum Gasteiger partial charge on any atom is 0.193 e. The fourth-order valence-electron chi connectivity index (χ4n) is 1.60. The molecule has 1 rings (SSSR count). The van der Waals surface area contributed by atoms with Crippen LogP contribution in [0.5, 0.6) is 0 Å². The predicted molar refractivity (Wildman–Crippen MR) is 67.3 cm³/mol. The Labute approximate surface area is 102 Å². The second kappa shape index (κ2) is 6.19. The number of nitriles is 1. The summed E-state index contributed by atoms with van der Waals surface area (Å²) in [6.07, 6.45) is 1.19. The molecule has 0 amide bonds. The Bertz CT molecular complexity index is 454. The number of benzene rings is 1. The lowest BCUT2D eigenvalue weighted by Gasteiger charge is -2.12. The Morgan fingerprint density at radius 1 is 1.29 bits per heavy atom. The molecule has 0 unspecified atom stereocenters. The molecule has 0 aromatic heterocycles. The zero-order valence-corrected chi connectivity index (χ0v) is 10.7. The fourth-order valence-corrected chi connectivity index (χ4v) is 1.60. The highest BCUT2D eigenvalue weighted by atomic mass is 16.7. The van der Waals surface area contributed by atoms with Gasteiger partial charge in [0.15, 0.2) is 6.29 Å². The third-order valence-electron chi connectivity index (χ3n) is 2.77. The summed E-state index contributed by atoms with van der Waals surface area (Å²) < 4.78 is 10.2. The van der Waals surface area contributed by atoms with E-state index in [4.69, 9.17) is 14.7 Å². The SMILES string of the molecule is COC(OC)/C(C#N)=C\c1cccc(C)c1C. The standard InChI is InChI=1S/C14H17NO2/c1-10-6-5-7-12(11(10)2)8-13(9-15)14(16-3)17-4/h5-8,14H,1-4H3/b13-8-. The Morgan fingerprint density at radius 3 is 2.47 bits per heavy atom. The molecule has 90 valence electrons. The quantitative estimate of drug-likeness (QED) is 0.591. The molecule has 3 heteroatoms. The molecule has 0 bridgehead atoms. The minimum absolute atomic E-state index is 0.462. The highest BCUT2D eigenvalue weighted by Crippen LogP contribution is 2.18. The van der Waals surface area contributed by atoms with Gasteiger partial charge in [-0.15, -0.1) is 0 Å². The lowest BCUT2D eigenvalue weighted by molar-refractivity contribution is -0.0712. The summed E-state index contributed by atoms with van der Waals surface area (Å²) in [5.74, 6) is 0. The van der Waals surface area contributed by atoms with Gasteiger partial charge in [-0.3, -0.25) is 0 Å². The van der Waals surface area contributed by atoms with Crippen LogP contribution in [0.3, 0.4) is 0 Å². The van der Waals surface area contributed by atoms with Crippen molar-refractivity contribution in [3.63, 3.8) is 0 Å². The third-order valence-corrected chi connectivity index (χ3v) is 2.77. The zero-order valence-electron chi connectivity index (χ0n) is 10.7. The zero-order chi connectivity index (χ0) is 12.8. The van der Waals surface area contributed by atoms with Crippen molar-refractivity contribution in [1.82, 2.24) is 0 Å². The molecule has 17 heavy (non-hydrogen) atoms. The molecular formula is C14H17NO2. The van der Waals surface area contributed by atoms with Crippen LogP contribution < -0.4 is 0 Å². The molecule has 0 radical (unpaired) electrons. The number of aryl methyl sites for hydroxylation is 1. The second-order valence-electron chi connectivity index (χ2n) is 3.80. The van der Waals surface area contributed by atoms with E-state index in [1.54, 1.807) is 6.08 Å². The predicted octanol–water partition coefficient (Wildman–Crippen LogP) is 2.83. The van der Waals surface area contributed by atoms with Crippen molar-refractivity contribution in [3.8, 4) is 6.07 Å². The molecule has 0 aliphatic heterocycles. The van der Waals surface area contributed by atoms with Gasteiger partial charge >= 0.3 is 0 Å². The van der Waals surface area contributed by atoms with Crippen molar-refractivity contribution in [2.75, 3.05) is 14.2 Å². The highest BCUT2D eigenvalue weighted by molar-refractivity contribution is 5.61. The van der Waals surface area contributed by atoms with Gasteiger partial charge in [-0.2, -0.15) is 5.26 Å². The first-order valence-electron chi connectivity index (χ1n) is 5.37. The summed E-state index contributed by atoms with van der Waals surface area (Å²) in [4.78, 5) is 0. The minimum atomic E-state index is -0.611. The maximum absolute atomic E-state index is 9.10. The van der Waals surface area contributed by atoms with Gasteiger partial charge < -0.3 is 9.47 Å². The van der Waals surface area contributed by atoms with Crippen LogP contribution in [0.4, 0.5) is 0 Å². The van der Waals surface area contributed by atoms with E-state index in [0.717, 1.165) is 11.1 Å². The van der Waals surface area contributed by atoms with Crippen LogP contribution in [-0.4, -0.2) is 20.5 Å². The van der Waals surface area contributed by atoms with Crippen LogP contribution in [0.15, 0.2) is 23.8 Å². The molecule has 3 nitrogen and oxygen atoms in total. The first-order chi connectivity index (χ1) is 8.13. The van der Waals surface area contributed by atoms with Gasteiger partial charge in [-0.05, 0) is 36.6 Å². The summed E-state index contributed by atoms with van der Waals surface area (Å²) in [6.45, 7) is 4.08. The van der Waals surface area contributed by atoms with Crippen LogP contribution in [-0.2, 0) is 9.47 Å². The average molecular weight is 231 g/mol. The van der Waals surface area contributed by atoms with Crippen molar-refractivity contribution < 1.29 is 9.47 Å². The molecule has 0 spiro atoms. The monoisotopic (exact) mass is 231 g/mol. The first kappa shape index (κ1) is 13.4. The lowest BCUT2D eigenvalue weighted by Crippen LogP contribution is -2.15. The van der Waals surface area contributed by atoms with Crippen LogP contribution in [0, 0.1) is 25.2 Å². The van der Waals surface area contributed by atoms with Gasteiger partial charge in [0.05, 0.1) is 5.57 Å². The van der Waals surface area contributed by atoms with E-state index in [-0.39, 0.29) is 0 Å². The van der Waals surface area contributed by atoms with E-state index < -0.39 is 6.29 Å². The summed E-state index contributed by atoms with van der Waals surface area (Å²) in [6, 6.07) is 8.10. The largest absolute Gasteiger partial charge is 0.351 e. The fraction of sp³-hybridized carbons (Fsp3) is 0.357. The van der Waals surface area contributed by atoms with E-state index in [1.165, 1.54) is 19.8 Å². The van der Waals surface area contributed by atoms with Crippen LogP contribution in [0.25, 0.3) is 6.08 Å². The number of nitrogens with zero attached hydrogens (tertiary/aromatic N) is 1. The molecule has 1 aromatic carbocycles. The Kier molecular flexibility index (Phi) is 4.89. The summed E-state index contributed by atoms with van der Waals surface area (Å²) in [5, 5.41) is 9.10. The van der Waals surface area contributed by atoms with Crippen LogP contribution in [0.2, 0.25) is 0 Å². The average Bonchev–Trinajstić information content (AvgIpc) is 2.34. The highest BCUT2D eigenvalue weighted by Gasteiger charge is 2.12. The number of ether oxygens (including phenoxy) is 2. The Morgan fingerprint density at radius 2 is 1.94 bits per heavy atom. The van der Waals surface area contributed by atoms with E-state index in [1.807, 2.05) is 32.0 Å². The summed E-state index contributed by atoms with van der Waals surface area (Å²) in [7, 11) is 3.03. The molecular weight excluding hydrogens is 214 g/mol. The normalized spacial score (nSPS) is 11.6. The van der Waals surface area contributed by atoms with Crippen LogP contribution in [0.1, 0.15) is 16.7 Å².